The average Bonchev–Trinajstić information content (AvgIpc) is 2.88. The minimum atomic E-state index is -1.59. The molecule has 2 aromatic heterocycles. The maximum atomic E-state index is 13.9. The summed E-state index contributed by atoms with van der Waals surface area (Å²) in [6.07, 6.45) is -1.02. The second kappa shape index (κ2) is 3.67. The van der Waals surface area contributed by atoms with Crippen molar-refractivity contribution in [2.75, 3.05) is 5.73 Å². The molecule has 0 saturated carbocycles. The van der Waals surface area contributed by atoms with Crippen molar-refractivity contribution in [3.63, 3.8) is 0 Å². The summed E-state index contributed by atoms with van der Waals surface area (Å²) in [5, 5.41) is 10.1. The van der Waals surface area contributed by atoms with Gasteiger partial charge in [0.05, 0.1) is 5.39 Å². The van der Waals surface area contributed by atoms with Crippen molar-refractivity contribution in [2.24, 2.45) is 0 Å². The number of fused-ring (bicyclic) bond motifs is 1. The van der Waals surface area contributed by atoms with Gasteiger partial charge in [0.1, 0.15) is 29.7 Å². The van der Waals surface area contributed by atoms with E-state index < -0.39 is 18.5 Å². The van der Waals surface area contributed by atoms with Crippen LogP contribution in [0.3, 0.4) is 0 Å². The molecule has 2 aromatic rings. The molecule has 0 spiro atoms. The molecule has 0 bridgehead atoms. The van der Waals surface area contributed by atoms with Crippen molar-refractivity contribution in [3.05, 3.63) is 30.9 Å². The molecule has 3 heterocycles. The molecule has 1 aliphatic heterocycles. The monoisotopic (exact) mass is 250 g/mol. The maximum absolute atomic E-state index is 13.9. The standard InChI is InChI=1S/C11H11FN4O2/c1-5-8(17)7(12)11(18-5)16-3-2-6-9(13)14-4-15-10(6)16/h2-4,7-8,11,17H,1H2,(H2,13,14,15)/t7?,8-,11?/m1/s1. The topological polar surface area (TPSA) is 86.2 Å². The number of aliphatic hydroxyl groups is 1. The lowest BCUT2D eigenvalue weighted by molar-refractivity contribution is 0.0410. The SMILES string of the molecule is C=C1OC(n2ccc3c(N)ncnc32)C(F)[C@@H]1O. The predicted octanol–water partition coefficient (Wildman–Crippen LogP) is 0.755. The van der Waals surface area contributed by atoms with Crippen LogP contribution in [-0.4, -0.2) is 31.9 Å². The van der Waals surface area contributed by atoms with Crippen LogP contribution in [0.25, 0.3) is 11.0 Å². The molecule has 3 atom stereocenters. The van der Waals surface area contributed by atoms with Gasteiger partial charge in [0.2, 0.25) is 6.23 Å². The fraction of sp³-hybridized carbons (Fsp3) is 0.273. The van der Waals surface area contributed by atoms with Crippen molar-refractivity contribution in [2.45, 2.75) is 18.5 Å². The third kappa shape index (κ3) is 1.37. The quantitative estimate of drug-likeness (QED) is 0.780. The molecule has 0 radical (unpaired) electrons. The molecule has 1 saturated heterocycles. The molecule has 18 heavy (non-hydrogen) atoms. The van der Waals surface area contributed by atoms with Crippen LogP contribution in [0.5, 0.6) is 0 Å². The van der Waals surface area contributed by atoms with Gasteiger partial charge in [-0.2, -0.15) is 0 Å². The summed E-state index contributed by atoms with van der Waals surface area (Å²) < 4.78 is 20.6. The van der Waals surface area contributed by atoms with Gasteiger partial charge in [-0.1, -0.05) is 6.58 Å². The molecule has 1 fully saturated rings. The fourth-order valence-corrected chi connectivity index (χ4v) is 2.03. The zero-order valence-corrected chi connectivity index (χ0v) is 9.32. The van der Waals surface area contributed by atoms with Crippen molar-refractivity contribution in [1.82, 2.24) is 14.5 Å². The summed E-state index contributed by atoms with van der Waals surface area (Å²) in [7, 11) is 0. The highest BCUT2D eigenvalue weighted by atomic mass is 19.1. The molecule has 6 nitrogen and oxygen atoms in total. The maximum Gasteiger partial charge on any atom is 0.211 e. The van der Waals surface area contributed by atoms with E-state index in [4.69, 9.17) is 10.5 Å². The van der Waals surface area contributed by atoms with Gasteiger partial charge in [-0.15, -0.1) is 0 Å². The summed E-state index contributed by atoms with van der Waals surface area (Å²) in [6.45, 7) is 3.46. The number of hydrogen-bond donors (Lipinski definition) is 2. The zero-order chi connectivity index (χ0) is 12.9. The Hall–Kier alpha value is -2.15. The van der Waals surface area contributed by atoms with E-state index in [1.165, 1.54) is 10.9 Å². The van der Waals surface area contributed by atoms with Gasteiger partial charge < -0.3 is 15.6 Å². The average molecular weight is 250 g/mol. The Morgan fingerprint density at radius 2 is 2.28 bits per heavy atom. The number of aliphatic hydroxyl groups excluding tert-OH is 1. The minimum Gasteiger partial charge on any atom is -0.469 e. The molecule has 3 N–H and O–H groups in total. The predicted molar refractivity (Wildman–Crippen MR) is 62.1 cm³/mol. The van der Waals surface area contributed by atoms with E-state index in [1.807, 2.05) is 0 Å². The molecule has 94 valence electrons. The lowest BCUT2D eigenvalue weighted by atomic mass is 10.2. The molecular formula is C11H11FN4O2. The Kier molecular flexibility index (Phi) is 2.24. The van der Waals surface area contributed by atoms with Crippen LogP contribution in [0.1, 0.15) is 6.23 Å². The number of hydrogen-bond acceptors (Lipinski definition) is 5. The Morgan fingerprint density at radius 1 is 1.50 bits per heavy atom. The Labute approximate surface area is 102 Å². The number of ether oxygens (including phenoxy) is 1. The first kappa shape index (κ1) is 11.0. The number of nitrogens with zero attached hydrogens (tertiary/aromatic N) is 3. The number of aromatic nitrogens is 3. The molecular weight excluding hydrogens is 239 g/mol. The van der Waals surface area contributed by atoms with Crippen LogP contribution < -0.4 is 5.73 Å². The molecule has 2 unspecified atom stereocenters. The first-order valence-electron chi connectivity index (χ1n) is 5.34. The molecule has 0 aliphatic carbocycles. The number of rotatable bonds is 1. The van der Waals surface area contributed by atoms with Crippen LogP contribution in [0.4, 0.5) is 10.2 Å². The second-order valence-electron chi connectivity index (χ2n) is 4.08. The van der Waals surface area contributed by atoms with E-state index in [0.717, 1.165) is 0 Å². The van der Waals surface area contributed by atoms with Gasteiger partial charge in [-0.25, -0.2) is 14.4 Å². The van der Waals surface area contributed by atoms with Crippen LogP contribution in [0, 0.1) is 0 Å². The Bertz CT molecular complexity index is 627. The highest BCUT2D eigenvalue weighted by molar-refractivity contribution is 5.86. The van der Waals surface area contributed by atoms with Gasteiger partial charge in [-0.05, 0) is 6.07 Å². The lowest BCUT2D eigenvalue weighted by Crippen LogP contribution is -2.23. The van der Waals surface area contributed by atoms with Crippen LogP contribution in [0.2, 0.25) is 0 Å². The number of halogens is 1. The highest BCUT2D eigenvalue weighted by Crippen LogP contribution is 2.35. The third-order valence-electron chi connectivity index (χ3n) is 2.99. The van der Waals surface area contributed by atoms with E-state index in [1.54, 1.807) is 12.3 Å². The molecule has 1 aliphatic rings. The van der Waals surface area contributed by atoms with Gasteiger partial charge in [0.25, 0.3) is 0 Å². The van der Waals surface area contributed by atoms with E-state index in [2.05, 4.69) is 16.5 Å². The summed E-state index contributed by atoms with van der Waals surface area (Å²) in [4.78, 5) is 7.89. The van der Waals surface area contributed by atoms with Gasteiger partial charge in [0, 0.05) is 6.20 Å². The number of anilines is 1. The zero-order valence-electron chi connectivity index (χ0n) is 9.32. The largest absolute Gasteiger partial charge is 0.469 e. The van der Waals surface area contributed by atoms with Crippen molar-refractivity contribution in [1.29, 1.82) is 0 Å². The first-order chi connectivity index (χ1) is 8.59. The summed E-state index contributed by atoms with van der Waals surface area (Å²) in [5.74, 6) is 0.322. The van der Waals surface area contributed by atoms with Gasteiger partial charge >= 0.3 is 0 Å². The van der Waals surface area contributed by atoms with Crippen molar-refractivity contribution < 1.29 is 14.2 Å². The molecule has 0 aromatic carbocycles. The number of nitrogen functional groups attached to an aromatic ring is 1. The first-order valence-corrected chi connectivity index (χ1v) is 5.34. The highest BCUT2D eigenvalue weighted by Gasteiger charge is 2.42. The fourth-order valence-electron chi connectivity index (χ4n) is 2.03. The summed E-state index contributed by atoms with van der Waals surface area (Å²) in [6, 6.07) is 1.67. The van der Waals surface area contributed by atoms with Crippen LogP contribution in [-0.2, 0) is 4.74 Å². The van der Waals surface area contributed by atoms with E-state index in [0.29, 0.717) is 16.9 Å². The minimum absolute atomic E-state index is 0.0105. The number of alkyl halides is 1. The second-order valence-corrected chi connectivity index (χ2v) is 4.08. The molecule has 0 amide bonds. The third-order valence-corrected chi connectivity index (χ3v) is 2.99. The molecule has 3 rings (SSSR count). The van der Waals surface area contributed by atoms with E-state index in [-0.39, 0.29) is 5.76 Å². The smallest absolute Gasteiger partial charge is 0.211 e. The van der Waals surface area contributed by atoms with E-state index >= 15 is 0 Å². The summed E-state index contributed by atoms with van der Waals surface area (Å²) >= 11 is 0. The number of nitrogens with two attached hydrogens (primary N) is 1. The van der Waals surface area contributed by atoms with E-state index in [9.17, 15) is 9.50 Å². The Balaban J connectivity index is 2.11. The van der Waals surface area contributed by atoms with Crippen molar-refractivity contribution in [3.8, 4) is 0 Å². The lowest BCUT2D eigenvalue weighted by Gasteiger charge is -2.15. The normalized spacial score (nSPS) is 27.7. The summed E-state index contributed by atoms with van der Waals surface area (Å²) in [5.41, 5.74) is 6.15. The Morgan fingerprint density at radius 3 is 2.94 bits per heavy atom. The van der Waals surface area contributed by atoms with Gasteiger partial charge in [-0.3, -0.25) is 4.57 Å². The van der Waals surface area contributed by atoms with Crippen LogP contribution in [0.15, 0.2) is 30.9 Å². The molecule has 7 heteroatoms. The van der Waals surface area contributed by atoms with Crippen molar-refractivity contribution >= 4 is 16.9 Å². The van der Waals surface area contributed by atoms with Crippen LogP contribution >= 0.6 is 0 Å². The van der Waals surface area contributed by atoms with Gasteiger partial charge in [0.15, 0.2) is 6.17 Å².